The Morgan fingerprint density at radius 3 is 2.76 bits per heavy atom. The molecule has 4 nitrogen and oxygen atoms in total. The summed E-state index contributed by atoms with van der Waals surface area (Å²) < 4.78 is 11.6. The number of hydrogen-bond acceptors (Lipinski definition) is 3. The highest BCUT2D eigenvalue weighted by molar-refractivity contribution is 9.10. The summed E-state index contributed by atoms with van der Waals surface area (Å²) in [5, 5.41) is 0. The highest BCUT2D eigenvalue weighted by Gasteiger charge is 2.34. The maximum atomic E-state index is 12.2. The molecule has 94 valence electrons. The first-order valence-corrected chi connectivity index (χ1v) is 6.39. The van der Waals surface area contributed by atoms with Crippen molar-refractivity contribution >= 4 is 21.8 Å². The van der Waals surface area contributed by atoms with Gasteiger partial charge in [0, 0.05) is 13.1 Å². The van der Waals surface area contributed by atoms with Crippen LogP contribution in [0.15, 0.2) is 21.2 Å². The third kappa shape index (κ3) is 2.90. The number of halogens is 1. The van der Waals surface area contributed by atoms with Gasteiger partial charge in [-0.15, -0.1) is 0 Å². The molecule has 1 aromatic rings. The van der Waals surface area contributed by atoms with Crippen LogP contribution >= 0.6 is 15.9 Å². The van der Waals surface area contributed by atoms with Gasteiger partial charge in [0.25, 0.3) is 5.91 Å². The normalized spacial score (nSPS) is 23.8. The number of ether oxygens (including phenoxy) is 1. The Morgan fingerprint density at radius 1 is 1.53 bits per heavy atom. The summed E-state index contributed by atoms with van der Waals surface area (Å²) in [6.45, 7) is 7.12. The van der Waals surface area contributed by atoms with Gasteiger partial charge in [0.05, 0.1) is 11.7 Å². The van der Waals surface area contributed by atoms with Crippen LogP contribution < -0.4 is 0 Å². The molecule has 2 heterocycles. The first-order valence-electron chi connectivity index (χ1n) is 5.60. The van der Waals surface area contributed by atoms with Crippen LogP contribution in [0.4, 0.5) is 0 Å². The molecule has 1 atom stereocenters. The molecule has 1 amide bonds. The third-order valence-corrected chi connectivity index (χ3v) is 3.07. The van der Waals surface area contributed by atoms with Crippen molar-refractivity contribution < 1.29 is 13.9 Å². The van der Waals surface area contributed by atoms with Crippen LogP contribution in [0.25, 0.3) is 0 Å². The van der Waals surface area contributed by atoms with E-state index >= 15 is 0 Å². The van der Waals surface area contributed by atoms with Crippen LogP contribution in [0.5, 0.6) is 0 Å². The van der Waals surface area contributed by atoms with Gasteiger partial charge in [0.2, 0.25) is 0 Å². The van der Waals surface area contributed by atoms with Crippen LogP contribution in [-0.4, -0.2) is 35.6 Å². The lowest BCUT2D eigenvalue weighted by Crippen LogP contribution is -2.53. The molecule has 0 bridgehead atoms. The van der Waals surface area contributed by atoms with Gasteiger partial charge in [-0.25, -0.2) is 0 Å². The van der Waals surface area contributed by atoms with Crippen molar-refractivity contribution in [2.45, 2.75) is 32.5 Å². The summed E-state index contributed by atoms with van der Waals surface area (Å²) in [5.74, 6) is 0.278. The number of carbonyl (C=O) groups is 1. The number of furan rings is 1. The number of hydrogen-bond donors (Lipinski definition) is 0. The molecule has 5 heteroatoms. The molecule has 1 saturated heterocycles. The Morgan fingerprint density at radius 2 is 2.24 bits per heavy atom. The average Bonchev–Trinajstić information content (AvgIpc) is 2.60. The lowest BCUT2D eigenvalue weighted by atomic mass is 10.1. The summed E-state index contributed by atoms with van der Waals surface area (Å²) >= 11 is 3.20. The lowest BCUT2D eigenvalue weighted by molar-refractivity contribution is -0.119. The Labute approximate surface area is 109 Å². The van der Waals surface area contributed by atoms with E-state index in [1.165, 1.54) is 0 Å². The van der Waals surface area contributed by atoms with Crippen LogP contribution in [0.2, 0.25) is 0 Å². The summed E-state index contributed by atoms with van der Waals surface area (Å²) in [4.78, 5) is 14.0. The Balaban J connectivity index is 2.14. The van der Waals surface area contributed by atoms with Gasteiger partial charge in [-0.05, 0) is 48.8 Å². The largest absolute Gasteiger partial charge is 0.444 e. The number of morpholine rings is 1. The molecule has 0 spiro atoms. The van der Waals surface area contributed by atoms with Gasteiger partial charge in [-0.3, -0.25) is 4.79 Å². The average molecular weight is 302 g/mol. The maximum absolute atomic E-state index is 12.2. The van der Waals surface area contributed by atoms with Crippen molar-refractivity contribution in [3.05, 3.63) is 22.6 Å². The van der Waals surface area contributed by atoms with Crippen molar-refractivity contribution in [3.8, 4) is 0 Å². The monoisotopic (exact) mass is 301 g/mol. The first-order chi connectivity index (χ1) is 7.87. The zero-order valence-corrected chi connectivity index (χ0v) is 11.8. The highest BCUT2D eigenvalue weighted by Crippen LogP contribution is 2.23. The molecular weight excluding hydrogens is 286 g/mol. The summed E-state index contributed by atoms with van der Waals surface area (Å²) in [7, 11) is 0. The molecule has 0 aromatic carbocycles. The van der Waals surface area contributed by atoms with Gasteiger partial charge in [-0.1, -0.05) is 0 Å². The van der Waals surface area contributed by atoms with Gasteiger partial charge in [0.15, 0.2) is 10.4 Å². The smallest absolute Gasteiger partial charge is 0.289 e. The van der Waals surface area contributed by atoms with Gasteiger partial charge in [0.1, 0.15) is 0 Å². The third-order valence-electron chi connectivity index (χ3n) is 2.64. The second-order valence-corrected chi connectivity index (χ2v) is 5.76. The number of rotatable bonds is 1. The van der Waals surface area contributed by atoms with Crippen LogP contribution in [0.3, 0.4) is 0 Å². The van der Waals surface area contributed by atoms with Gasteiger partial charge >= 0.3 is 0 Å². The zero-order valence-electron chi connectivity index (χ0n) is 10.2. The topological polar surface area (TPSA) is 42.7 Å². The molecule has 0 N–H and O–H groups in total. The maximum Gasteiger partial charge on any atom is 0.289 e. The summed E-state index contributed by atoms with van der Waals surface area (Å²) in [6, 6.07) is 3.40. The number of amides is 1. The van der Waals surface area contributed by atoms with Gasteiger partial charge < -0.3 is 14.1 Å². The lowest BCUT2D eigenvalue weighted by Gasteiger charge is -2.41. The first kappa shape index (κ1) is 12.6. The molecule has 2 rings (SSSR count). The standard InChI is InChI=1S/C12H16BrNO3/c1-8-6-14(7-12(2,3)17-8)11(15)9-4-5-10(13)16-9/h4-5,8H,6-7H2,1-3H3/t8-/m1/s1. The van der Waals surface area contributed by atoms with Crippen LogP contribution in [0, 0.1) is 0 Å². The Hall–Kier alpha value is -0.810. The van der Waals surface area contributed by atoms with E-state index in [4.69, 9.17) is 9.15 Å². The van der Waals surface area contributed by atoms with Crippen LogP contribution in [-0.2, 0) is 4.74 Å². The van der Waals surface area contributed by atoms with Crippen molar-refractivity contribution in [1.82, 2.24) is 4.90 Å². The van der Waals surface area contributed by atoms with Gasteiger partial charge in [-0.2, -0.15) is 0 Å². The van der Waals surface area contributed by atoms with Crippen molar-refractivity contribution in [2.75, 3.05) is 13.1 Å². The predicted molar refractivity (Wildman–Crippen MR) is 66.9 cm³/mol. The van der Waals surface area contributed by atoms with E-state index in [-0.39, 0.29) is 17.6 Å². The minimum absolute atomic E-state index is 0.0427. The molecule has 1 fully saturated rings. The van der Waals surface area contributed by atoms with Crippen LogP contribution in [0.1, 0.15) is 31.3 Å². The van der Waals surface area contributed by atoms with E-state index in [9.17, 15) is 4.79 Å². The summed E-state index contributed by atoms with van der Waals surface area (Å²) in [5.41, 5.74) is -0.308. The highest BCUT2D eigenvalue weighted by atomic mass is 79.9. The second-order valence-electron chi connectivity index (χ2n) is 4.98. The summed E-state index contributed by atoms with van der Waals surface area (Å²) in [6.07, 6.45) is 0.0427. The molecule has 1 aliphatic rings. The molecule has 0 aliphatic carbocycles. The fraction of sp³-hybridized carbons (Fsp3) is 0.583. The Bertz CT molecular complexity index is 427. The van der Waals surface area contributed by atoms with Crippen molar-refractivity contribution in [3.63, 3.8) is 0 Å². The van der Waals surface area contributed by atoms with E-state index < -0.39 is 0 Å². The van der Waals surface area contributed by atoms with E-state index in [1.807, 2.05) is 20.8 Å². The van der Waals surface area contributed by atoms with E-state index in [1.54, 1.807) is 17.0 Å². The molecule has 1 aromatic heterocycles. The SMILES string of the molecule is C[C@@H]1CN(C(=O)c2ccc(Br)o2)CC(C)(C)O1. The number of carbonyl (C=O) groups excluding carboxylic acids is 1. The van der Waals surface area contributed by atoms with Crippen molar-refractivity contribution in [1.29, 1.82) is 0 Å². The zero-order chi connectivity index (χ0) is 12.6. The molecule has 0 unspecified atom stereocenters. The van der Waals surface area contributed by atoms with E-state index in [2.05, 4.69) is 15.9 Å². The number of nitrogens with zero attached hydrogens (tertiary/aromatic N) is 1. The minimum Gasteiger partial charge on any atom is -0.444 e. The molecule has 0 saturated carbocycles. The minimum atomic E-state index is -0.308. The molecular formula is C12H16BrNO3. The quantitative estimate of drug-likeness (QED) is 0.801. The molecule has 1 aliphatic heterocycles. The fourth-order valence-corrected chi connectivity index (χ4v) is 2.50. The predicted octanol–water partition coefficient (Wildman–Crippen LogP) is 2.68. The Kier molecular flexibility index (Phi) is 3.32. The van der Waals surface area contributed by atoms with E-state index in [0.717, 1.165) is 0 Å². The van der Waals surface area contributed by atoms with Crippen molar-refractivity contribution in [2.24, 2.45) is 0 Å². The molecule has 17 heavy (non-hydrogen) atoms. The second kappa shape index (κ2) is 4.46. The van der Waals surface area contributed by atoms with E-state index in [0.29, 0.717) is 23.5 Å². The fourth-order valence-electron chi connectivity index (χ4n) is 2.19. The molecule has 0 radical (unpaired) electrons.